The summed E-state index contributed by atoms with van der Waals surface area (Å²) in [6.07, 6.45) is 0. The first-order valence-electron chi connectivity index (χ1n) is 6.53. The number of rotatable bonds is 2. The fourth-order valence-electron chi connectivity index (χ4n) is 2.33. The average Bonchev–Trinajstić information content (AvgIpc) is 3.28. The fraction of sp³-hybridized carbons (Fsp3) is 0.0714. The zero-order valence-corrected chi connectivity index (χ0v) is 12.7. The van der Waals surface area contributed by atoms with E-state index < -0.39 is 0 Å². The van der Waals surface area contributed by atoms with Gasteiger partial charge in [-0.15, -0.1) is 10.2 Å². The van der Waals surface area contributed by atoms with E-state index in [2.05, 4.69) is 15.3 Å². The van der Waals surface area contributed by atoms with Crippen LogP contribution in [-0.4, -0.2) is 26.6 Å². The highest BCUT2D eigenvalue weighted by molar-refractivity contribution is 7.19. The van der Waals surface area contributed by atoms with E-state index in [1.54, 1.807) is 15.9 Å². The lowest BCUT2D eigenvalue weighted by Crippen LogP contribution is -1.92. The fourth-order valence-corrected chi connectivity index (χ4v) is 3.80. The highest BCUT2D eigenvalue weighted by Crippen LogP contribution is 2.37. The second-order valence-electron chi connectivity index (χ2n) is 4.71. The Bertz CT molecular complexity index is 974. The minimum absolute atomic E-state index is 0.270. The topological polar surface area (TPSA) is 61.5 Å². The molecule has 8 heteroatoms. The molecular formula is C14H8N4O2S2. The lowest BCUT2D eigenvalue weighted by molar-refractivity contribution is 0.174. The predicted molar refractivity (Wildman–Crippen MR) is 83.5 cm³/mol. The van der Waals surface area contributed by atoms with Crippen LogP contribution in [0.15, 0.2) is 35.0 Å². The van der Waals surface area contributed by atoms with Crippen molar-refractivity contribution in [3.8, 4) is 33.5 Å². The van der Waals surface area contributed by atoms with Crippen LogP contribution in [0, 0.1) is 0 Å². The molecule has 22 heavy (non-hydrogen) atoms. The van der Waals surface area contributed by atoms with Gasteiger partial charge in [0, 0.05) is 16.5 Å². The molecule has 0 spiro atoms. The zero-order chi connectivity index (χ0) is 14.5. The summed E-state index contributed by atoms with van der Waals surface area (Å²) in [6, 6.07) is 7.84. The summed E-state index contributed by atoms with van der Waals surface area (Å²) in [6.45, 7) is 0.270. The second kappa shape index (κ2) is 4.52. The standard InChI is InChI=1S/C14H8N4O2S2/c1-2-10-11(20-7-19-10)5-8(1)13-17-18-12(9-3-4-21-6-9)15-16-14(18)22-13/h1-6H,7H2. The molecule has 4 aromatic rings. The molecule has 6 nitrogen and oxygen atoms in total. The summed E-state index contributed by atoms with van der Waals surface area (Å²) in [4.78, 5) is 0.772. The quantitative estimate of drug-likeness (QED) is 0.565. The van der Waals surface area contributed by atoms with Crippen LogP contribution in [0.1, 0.15) is 0 Å². The summed E-state index contributed by atoms with van der Waals surface area (Å²) >= 11 is 3.13. The largest absolute Gasteiger partial charge is 0.454 e. The van der Waals surface area contributed by atoms with E-state index in [4.69, 9.17) is 9.47 Å². The van der Waals surface area contributed by atoms with Crippen molar-refractivity contribution < 1.29 is 9.47 Å². The van der Waals surface area contributed by atoms with E-state index in [1.165, 1.54) is 11.3 Å². The Morgan fingerprint density at radius 2 is 2.00 bits per heavy atom. The average molecular weight is 328 g/mol. The number of hydrogen-bond donors (Lipinski definition) is 0. The van der Waals surface area contributed by atoms with Crippen LogP contribution < -0.4 is 9.47 Å². The molecule has 0 saturated heterocycles. The van der Waals surface area contributed by atoms with Gasteiger partial charge in [-0.1, -0.05) is 11.3 Å². The number of nitrogens with zero attached hydrogens (tertiary/aromatic N) is 4. The highest BCUT2D eigenvalue weighted by atomic mass is 32.1. The molecule has 0 amide bonds. The number of fused-ring (bicyclic) bond motifs is 2. The van der Waals surface area contributed by atoms with Crippen LogP contribution in [0.4, 0.5) is 0 Å². The van der Waals surface area contributed by atoms with Gasteiger partial charge >= 0.3 is 0 Å². The summed E-state index contributed by atoms with van der Waals surface area (Å²) in [5.41, 5.74) is 2.01. The maximum Gasteiger partial charge on any atom is 0.235 e. The lowest BCUT2D eigenvalue weighted by atomic mass is 10.2. The van der Waals surface area contributed by atoms with Crippen molar-refractivity contribution in [3.63, 3.8) is 0 Å². The molecule has 0 radical (unpaired) electrons. The van der Waals surface area contributed by atoms with Crippen LogP contribution >= 0.6 is 22.7 Å². The smallest absolute Gasteiger partial charge is 0.235 e. The lowest BCUT2D eigenvalue weighted by Gasteiger charge is -1.98. The molecular weight excluding hydrogens is 320 g/mol. The normalized spacial score (nSPS) is 13.1. The van der Waals surface area contributed by atoms with Crippen molar-refractivity contribution in [1.29, 1.82) is 0 Å². The molecule has 0 atom stereocenters. The van der Waals surface area contributed by atoms with Crippen molar-refractivity contribution in [1.82, 2.24) is 19.8 Å². The summed E-state index contributed by atoms with van der Waals surface area (Å²) in [5, 5.41) is 18.0. The Morgan fingerprint density at radius 1 is 1.05 bits per heavy atom. The number of aromatic nitrogens is 4. The van der Waals surface area contributed by atoms with Gasteiger partial charge in [0.1, 0.15) is 5.01 Å². The molecule has 1 aliphatic rings. The molecule has 0 saturated carbocycles. The van der Waals surface area contributed by atoms with Crippen molar-refractivity contribution >= 4 is 27.6 Å². The van der Waals surface area contributed by atoms with Crippen LogP contribution in [-0.2, 0) is 0 Å². The number of benzene rings is 1. The molecule has 108 valence electrons. The molecule has 0 aliphatic carbocycles. The first-order valence-corrected chi connectivity index (χ1v) is 8.29. The van der Waals surface area contributed by atoms with Gasteiger partial charge in [0.25, 0.3) is 0 Å². The van der Waals surface area contributed by atoms with Gasteiger partial charge in [0.05, 0.1) is 0 Å². The number of hydrogen-bond acceptors (Lipinski definition) is 7. The van der Waals surface area contributed by atoms with Gasteiger partial charge in [-0.3, -0.25) is 0 Å². The van der Waals surface area contributed by atoms with E-state index >= 15 is 0 Å². The molecule has 0 fully saturated rings. The third-order valence-corrected chi connectivity index (χ3v) is 5.02. The first kappa shape index (κ1) is 12.1. The van der Waals surface area contributed by atoms with Crippen molar-refractivity contribution in [2.75, 3.05) is 6.79 Å². The third-order valence-electron chi connectivity index (χ3n) is 3.39. The van der Waals surface area contributed by atoms with E-state index in [-0.39, 0.29) is 6.79 Å². The summed E-state index contributed by atoms with van der Waals surface area (Å²) in [5.74, 6) is 2.28. The number of ether oxygens (including phenoxy) is 2. The van der Waals surface area contributed by atoms with Crippen molar-refractivity contribution in [2.45, 2.75) is 0 Å². The summed E-state index contributed by atoms with van der Waals surface area (Å²) < 4.78 is 12.5. The van der Waals surface area contributed by atoms with Crippen molar-refractivity contribution in [3.05, 3.63) is 35.0 Å². The Kier molecular flexibility index (Phi) is 2.49. The molecule has 0 N–H and O–H groups in total. The predicted octanol–water partition coefficient (Wildman–Crippen LogP) is 3.31. The third kappa shape index (κ3) is 1.74. The first-order chi connectivity index (χ1) is 10.9. The van der Waals surface area contributed by atoms with Crippen LogP contribution in [0.2, 0.25) is 0 Å². The van der Waals surface area contributed by atoms with Gasteiger partial charge in [-0.05, 0) is 29.6 Å². The van der Waals surface area contributed by atoms with Crippen LogP contribution in [0.25, 0.3) is 26.9 Å². The second-order valence-corrected chi connectivity index (χ2v) is 6.44. The maximum absolute atomic E-state index is 5.42. The Hall–Kier alpha value is -2.45. The zero-order valence-electron chi connectivity index (χ0n) is 11.1. The molecule has 0 unspecified atom stereocenters. The molecule has 3 aromatic heterocycles. The van der Waals surface area contributed by atoms with Gasteiger partial charge in [-0.2, -0.15) is 21.0 Å². The molecule has 5 rings (SSSR count). The van der Waals surface area contributed by atoms with Gasteiger partial charge in [0.15, 0.2) is 17.3 Å². The van der Waals surface area contributed by atoms with E-state index in [0.717, 1.165) is 38.4 Å². The monoisotopic (exact) mass is 328 g/mol. The van der Waals surface area contributed by atoms with E-state index in [1.807, 2.05) is 35.0 Å². The Balaban J connectivity index is 1.64. The van der Waals surface area contributed by atoms with Gasteiger partial charge in [0.2, 0.25) is 11.8 Å². The summed E-state index contributed by atoms with van der Waals surface area (Å²) in [7, 11) is 0. The molecule has 1 aromatic carbocycles. The maximum atomic E-state index is 5.42. The highest BCUT2D eigenvalue weighted by Gasteiger charge is 2.18. The molecule has 4 heterocycles. The Labute approximate surface area is 132 Å². The van der Waals surface area contributed by atoms with Gasteiger partial charge in [-0.25, -0.2) is 0 Å². The van der Waals surface area contributed by atoms with E-state index in [0.29, 0.717) is 0 Å². The van der Waals surface area contributed by atoms with Gasteiger partial charge < -0.3 is 9.47 Å². The van der Waals surface area contributed by atoms with Crippen LogP contribution in [0.5, 0.6) is 11.5 Å². The van der Waals surface area contributed by atoms with Crippen LogP contribution in [0.3, 0.4) is 0 Å². The molecule has 0 bridgehead atoms. The minimum atomic E-state index is 0.270. The van der Waals surface area contributed by atoms with E-state index in [9.17, 15) is 0 Å². The minimum Gasteiger partial charge on any atom is -0.454 e. The van der Waals surface area contributed by atoms with Crippen molar-refractivity contribution in [2.24, 2.45) is 0 Å². The number of thiophene rings is 1. The SMILES string of the molecule is c1cc(-c2nnc3sc(-c4ccc5c(c4)OCO5)nn23)cs1. The Morgan fingerprint density at radius 3 is 2.91 bits per heavy atom. The molecule has 1 aliphatic heterocycles.